The van der Waals surface area contributed by atoms with E-state index in [-0.39, 0.29) is 11.9 Å². The fourth-order valence-electron chi connectivity index (χ4n) is 3.25. The van der Waals surface area contributed by atoms with Gasteiger partial charge in [0, 0.05) is 25.8 Å². The van der Waals surface area contributed by atoms with Gasteiger partial charge in [0.15, 0.2) is 0 Å². The molecule has 0 spiro atoms. The topological polar surface area (TPSA) is 45.5 Å². The fraction of sp³-hybridized carbons (Fsp3) is 0.389. The van der Waals surface area contributed by atoms with E-state index in [4.69, 9.17) is 0 Å². The van der Waals surface area contributed by atoms with Crippen LogP contribution in [0.4, 0.5) is 0 Å². The average molecular weight is 298 g/mol. The van der Waals surface area contributed by atoms with Crippen molar-refractivity contribution in [2.75, 3.05) is 6.54 Å². The van der Waals surface area contributed by atoms with E-state index in [0.29, 0.717) is 12.1 Å². The van der Waals surface area contributed by atoms with Crippen molar-refractivity contribution in [1.29, 1.82) is 0 Å². The highest BCUT2D eigenvalue weighted by atomic mass is 16.3. The van der Waals surface area contributed by atoms with Gasteiger partial charge in [-0.2, -0.15) is 0 Å². The monoisotopic (exact) mass is 298 g/mol. The second-order valence-electron chi connectivity index (χ2n) is 5.96. The SMILES string of the molecule is Cn1cccc1C(=O)N1CCC[C@@H]1C[C@H](O)c1ccccc1. The predicted octanol–water partition coefficient (Wildman–Crippen LogP) is 2.75. The van der Waals surface area contributed by atoms with Crippen molar-refractivity contribution in [3.8, 4) is 0 Å². The third-order valence-corrected chi connectivity index (χ3v) is 4.48. The minimum Gasteiger partial charge on any atom is -0.388 e. The number of aromatic nitrogens is 1. The molecule has 1 amide bonds. The first kappa shape index (κ1) is 14.9. The normalized spacial score (nSPS) is 19.4. The van der Waals surface area contributed by atoms with Crippen molar-refractivity contribution in [3.05, 3.63) is 59.9 Å². The molecule has 0 saturated carbocycles. The minimum atomic E-state index is -0.520. The van der Waals surface area contributed by atoms with Crippen LogP contribution < -0.4 is 0 Å². The summed E-state index contributed by atoms with van der Waals surface area (Å²) in [5, 5.41) is 10.4. The first-order chi connectivity index (χ1) is 10.7. The number of likely N-dealkylation sites (tertiary alicyclic amines) is 1. The summed E-state index contributed by atoms with van der Waals surface area (Å²) in [5.74, 6) is 0.0651. The molecule has 1 saturated heterocycles. The number of aryl methyl sites for hydroxylation is 1. The molecule has 116 valence electrons. The Hall–Kier alpha value is -2.07. The third-order valence-electron chi connectivity index (χ3n) is 4.48. The molecule has 0 unspecified atom stereocenters. The van der Waals surface area contributed by atoms with Gasteiger partial charge >= 0.3 is 0 Å². The van der Waals surface area contributed by atoms with Gasteiger partial charge in [-0.1, -0.05) is 30.3 Å². The van der Waals surface area contributed by atoms with Crippen molar-refractivity contribution >= 4 is 5.91 Å². The molecule has 1 N–H and O–H groups in total. The molecular formula is C18H22N2O2. The van der Waals surface area contributed by atoms with E-state index in [1.165, 1.54) is 0 Å². The molecule has 22 heavy (non-hydrogen) atoms. The zero-order valence-corrected chi connectivity index (χ0v) is 12.9. The molecule has 0 aliphatic carbocycles. The van der Waals surface area contributed by atoms with Crippen LogP contribution in [0, 0.1) is 0 Å². The zero-order valence-electron chi connectivity index (χ0n) is 12.9. The first-order valence-electron chi connectivity index (χ1n) is 7.82. The molecule has 0 bridgehead atoms. The van der Waals surface area contributed by atoms with Crippen LogP contribution in [0.1, 0.15) is 41.4 Å². The van der Waals surface area contributed by atoms with Crippen LogP contribution in [0.15, 0.2) is 48.7 Å². The molecule has 3 rings (SSSR count). The van der Waals surface area contributed by atoms with Gasteiger partial charge in [-0.05, 0) is 37.0 Å². The van der Waals surface area contributed by atoms with Crippen LogP contribution in [0.3, 0.4) is 0 Å². The summed E-state index contributed by atoms with van der Waals surface area (Å²) in [6, 6.07) is 13.5. The van der Waals surface area contributed by atoms with Crippen LogP contribution in [0.2, 0.25) is 0 Å². The Labute approximate surface area is 131 Å². The van der Waals surface area contributed by atoms with Crippen LogP contribution in [0.25, 0.3) is 0 Å². The average Bonchev–Trinajstić information content (AvgIpc) is 3.16. The quantitative estimate of drug-likeness (QED) is 0.943. The molecule has 1 aliphatic heterocycles. The largest absolute Gasteiger partial charge is 0.388 e. The number of nitrogens with zero attached hydrogens (tertiary/aromatic N) is 2. The standard InChI is InChI=1S/C18H22N2O2/c1-19-11-6-10-16(19)18(22)20-12-5-9-15(20)13-17(21)14-7-3-2-4-8-14/h2-4,6-8,10-11,15,17,21H,5,9,12-13H2,1H3/t15-,17+/m1/s1. The van der Waals surface area contributed by atoms with Gasteiger partial charge in [0.2, 0.25) is 0 Å². The lowest BCUT2D eigenvalue weighted by atomic mass is 10.0. The maximum absolute atomic E-state index is 12.7. The number of carbonyl (C=O) groups excluding carboxylic acids is 1. The van der Waals surface area contributed by atoms with Gasteiger partial charge in [-0.3, -0.25) is 4.79 Å². The van der Waals surface area contributed by atoms with E-state index < -0.39 is 6.10 Å². The Kier molecular flexibility index (Phi) is 4.29. The van der Waals surface area contributed by atoms with Crippen molar-refractivity contribution < 1.29 is 9.90 Å². The van der Waals surface area contributed by atoms with Gasteiger partial charge in [0.1, 0.15) is 5.69 Å². The van der Waals surface area contributed by atoms with E-state index in [1.807, 2.05) is 65.2 Å². The number of aliphatic hydroxyl groups is 1. The molecule has 2 atom stereocenters. The number of hydrogen-bond acceptors (Lipinski definition) is 2. The molecule has 1 fully saturated rings. The maximum Gasteiger partial charge on any atom is 0.270 e. The molecule has 4 nitrogen and oxygen atoms in total. The highest BCUT2D eigenvalue weighted by molar-refractivity contribution is 5.93. The first-order valence-corrected chi connectivity index (χ1v) is 7.82. The minimum absolute atomic E-state index is 0.0651. The molecular weight excluding hydrogens is 276 g/mol. The summed E-state index contributed by atoms with van der Waals surface area (Å²) in [6.07, 6.45) is 3.92. The second kappa shape index (κ2) is 6.36. The number of rotatable bonds is 4. The number of hydrogen-bond donors (Lipinski definition) is 1. The van der Waals surface area contributed by atoms with Gasteiger partial charge in [-0.15, -0.1) is 0 Å². The van der Waals surface area contributed by atoms with Gasteiger partial charge in [-0.25, -0.2) is 0 Å². The number of aliphatic hydroxyl groups excluding tert-OH is 1. The maximum atomic E-state index is 12.7. The summed E-state index contributed by atoms with van der Waals surface area (Å²) in [4.78, 5) is 14.6. The summed E-state index contributed by atoms with van der Waals surface area (Å²) in [7, 11) is 1.89. The Morgan fingerprint density at radius 2 is 2.05 bits per heavy atom. The Bertz CT molecular complexity index is 636. The Balaban J connectivity index is 1.71. The lowest BCUT2D eigenvalue weighted by Crippen LogP contribution is -2.37. The molecule has 1 aromatic carbocycles. The Morgan fingerprint density at radius 1 is 1.27 bits per heavy atom. The number of carbonyl (C=O) groups is 1. The van der Waals surface area contributed by atoms with Crippen LogP contribution in [0.5, 0.6) is 0 Å². The van der Waals surface area contributed by atoms with Crippen molar-refractivity contribution in [1.82, 2.24) is 9.47 Å². The van der Waals surface area contributed by atoms with Crippen molar-refractivity contribution in [2.45, 2.75) is 31.4 Å². The van der Waals surface area contributed by atoms with E-state index >= 15 is 0 Å². The molecule has 1 aliphatic rings. The van der Waals surface area contributed by atoms with Crippen LogP contribution in [-0.4, -0.2) is 33.1 Å². The summed E-state index contributed by atoms with van der Waals surface area (Å²) < 4.78 is 1.85. The summed E-state index contributed by atoms with van der Waals surface area (Å²) >= 11 is 0. The van der Waals surface area contributed by atoms with Gasteiger partial charge in [0.25, 0.3) is 5.91 Å². The fourth-order valence-corrected chi connectivity index (χ4v) is 3.25. The summed E-state index contributed by atoms with van der Waals surface area (Å²) in [6.45, 7) is 0.774. The number of benzene rings is 1. The van der Waals surface area contributed by atoms with Crippen molar-refractivity contribution in [2.24, 2.45) is 7.05 Å². The molecule has 2 aromatic rings. The van der Waals surface area contributed by atoms with E-state index in [1.54, 1.807) is 0 Å². The van der Waals surface area contributed by atoms with Gasteiger partial charge < -0.3 is 14.6 Å². The number of amides is 1. The zero-order chi connectivity index (χ0) is 15.5. The van der Waals surface area contributed by atoms with Crippen LogP contribution in [-0.2, 0) is 7.05 Å². The van der Waals surface area contributed by atoms with E-state index in [9.17, 15) is 9.90 Å². The van der Waals surface area contributed by atoms with Gasteiger partial charge in [0.05, 0.1) is 6.10 Å². The summed E-state index contributed by atoms with van der Waals surface area (Å²) in [5.41, 5.74) is 1.63. The van der Waals surface area contributed by atoms with Crippen LogP contribution >= 0.6 is 0 Å². The predicted molar refractivity (Wildman–Crippen MR) is 85.5 cm³/mol. The highest BCUT2D eigenvalue weighted by Crippen LogP contribution is 2.28. The van der Waals surface area contributed by atoms with Crippen molar-refractivity contribution in [3.63, 3.8) is 0 Å². The third kappa shape index (κ3) is 2.92. The molecule has 1 aromatic heterocycles. The van der Waals surface area contributed by atoms with E-state index in [0.717, 1.165) is 24.9 Å². The molecule has 0 radical (unpaired) electrons. The highest BCUT2D eigenvalue weighted by Gasteiger charge is 2.31. The second-order valence-corrected chi connectivity index (χ2v) is 5.96. The Morgan fingerprint density at radius 3 is 2.73 bits per heavy atom. The molecule has 2 heterocycles. The smallest absolute Gasteiger partial charge is 0.270 e. The lowest BCUT2D eigenvalue weighted by Gasteiger charge is -2.27. The van der Waals surface area contributed by atoms with E-state index in [2.05, 4.69) is 0 Å². The molecule has 4 heteroatoms. The lowest BCUT2D eigenvalue weighted by molar-refractivity contribution is 0.0658.